The molecule has 26 heavy (non-hydrogen) atoms. The van der Waals surface area contributed by atoms with Crippen molar-refractivity contribution < 1.29 is 9.59 Å². The molecule has 0 aliphatic rings. The zero-order valence-electron chi connectivity index (χ0n) is 13.8. The maximum Gasteiger partial charge on any atom is 0.271 e. The number of nitrogens with zero attached hydrogens (tertiary/aromatic N) is 1. The number of amides is 2. The van der Waals surface area contributed by atoms with E-state index in [1.807, 2.05) is 17.5 Å². The predicted octanol–water partition coefficient (Wildman–Crippen LogP) is 3.94. The molecule has 0 saturated heterocycles. The summed E-state index contributed by atoms with van der Waals surface area (Å²) in [5.41, 5.74) is 1.84. The fourth-order valence-corrected chi connectivity index (χ4v) is 3.11. The summed E-state index contributed by atoms with van der Waals surface area (Å²) in [6, 6.07) is 12.5. The molecule has 0 saturated carbocycles. The summed E-state index contributed by atoms with van der Waals surface area (Å²) in [5, 5.41) is 15.0. The highest BCUT2D eigenvalue weighted by Gasteiger charge is 2.11. The highest BCUT2D eigenvalue weighted by molar-refractivity contribution is 7.13. The summed E-state index contributed by atoms with van der Waals surface area (Å²) in [5.74, 6) is -0.372. The van der Waals surface area contributed by atoms with E-state index in [2.05, 4.69) is 20.8 Å². The van der Waals surface area contributed by atoms with Crippen molar-refractivity contribution in [2.24, 2.45) is 0 Å². The first-order valence-corrected chi connectivity index (χ1v) is 9.30. The third kappa shape index (κ3) is 4.93. The molecular formula is C18H17ClN4O2S. The van der Waals surface area contributed by atoms with Crippen LogP contribution in [-0.4, -0.2) is 28.6 Å². The molecule has 0 radical (unpaired) electrons. The number of carbonyl (C=O) groups is 2. The van der Waals surface area contributed by atoms with Crippen molar-refractivity contribution in [3.05, 3.63) is 58.6 Å². The van der Waals surface area contributed by atoms with Crippen molar-refractivity contribution >= 4 is 40.4 Å². The van der Waals surface area contributed by atoms with Gasteiger partial charge in [-0.15, -0.1) is 11.3 Å². The van der Waals surface area contributed by atoms with Gasteiger partial charge >= 0.3 is 0 Å². The predicted molar refractivity (Wildman–Crippen MR) is 104 cm³/mol. The topological polar surface area (TPSA) is 86.9 Å². The van der Waals surface area contributed by atoms with Crippen LogP contribution in [0.1, 0.15) is 23.3 Å². The Labute approximate surface area is 159 Å². The van der Waals surface area contributed by atoms with Crippen molar-refractivity contribution in [1.29, 1.82) is 0 Å². The lowest BCUT2D eigenvalue weighted by molar-refractivity contribution is -0.116. The van der Waals surface area contributed by atoms with E-state index >= 15 is 0 Å². The molecule has 2 amide bonds. The Hall–Kier alpha value is -2.64. The van der Waals surface area contributed by atoms with E-state index in [4.69, 9.17) is 11.6 Å². The van der Waals surface area contributed by atoms with Crippen LogP contribution >= 0.6 is 22.9 Å². The largest absolute Gasteiger partial charge is 0.351 e. The van der Waals surface area contributed by atoms with Gasteiger partial charge in [-0.05, 0) is 48.2 Å². The standard InChI is InChI=1S/C18H17ClN4O2S/c19-12-5-7-13(8-6-12)21-17(24)4-1-9-20-18(25)15-11-14(22-23-15)16-3-2-10-26-16/h2-3,5-8,10-11H,1,4,9H2,(H,20,25)(H,21,24)(H,22,23). The van der Waals surface area contributed by atoms with Crippen molar-refractivity contribution in [2.45, 2.75) is 12.8 Å². The Morgan fingerprint density at radius 1 is 1.19 bits per heavy atom. The number of aromatic amines is 1. The minimum absolute atomic E-state index is 0.110. The Morgan fingerprint density at radius 3 is 2.73 bits per heavy atom. The van der Waals surface area contributed by atoms with E-state index in [1.54, 1.807) is 41.7 Å². The molecule has 0 fully saturated rings. The van der Waals surface area contributed by atoms with Crippen LogP contribution in [0.3, 0.4) is 0 Å². The molecule has 0 atom stereocenters. The Kier molecular flexibility index (Phi) is 6.04. The van der Waals surface area contributed by atoms with Crippen LogP contribution < -0.4 is 10.6 Å². The van der Waals surface area contributed by atoms with E-state index < -0.39 is 0 Å². The van der Waals surface area contributed by atoms with Crippen LogP contribution in [-0.2, 0) is 4.79 Å². The van der Waals surface area contributed by atoms with E-state index in [9.17, 15) is 9.59 Å². The van der Waals surface area contributed by atoms with Gasteiger partial charge in [0.25, 0.3) is 5.91 Å². The van der Waals surface area contributed by atoms with Gasteiger partial charge in [0.2, 0.25) is 5.91 Å². The maximum absolute atomic E-state index is 12.1. The summed E-state index contributed by atoms with van der Waals surface area (Å²) in [4.78, 5) is 25.0. The molecule has 3 rings (SSSR count). The van der Waals surface area contributed by atoms with Gasteiger partial charge in [0, 0.05) is 23.7 Å². The number of carbonyl (C=O) groups excluding carboxylic acids is 2. The molecule has 6 nitrogen and oxygen atoms in total. The van der Waals surface area contributed by atoms with E-state index in [1.165, 1.54) is 0 Å². The normalized spacial score (nSPS) is 10.5. The average Bonchev–Trinajstić information content (AvgIpc) is 3.31. The highest BCUT2D eigenvalue weighted by atomic mass is 35.5. The third-order valence-corrected chi connectivity index (χ3v) is 4.75. The monoisotopic (exact) mass is 388 g/mol. The Morgan fingerprint density at radius 2 is 2.00 bits per heavy atom. The van der Waals surface area contributed by atoms with Gasteiger partial charge in [-0.2, -0.15) is 5.10 Å². The van der Waals surface area contributed by atoms with Gasteiger partial charge in [-0.3, -0.25) is 14.7 Å². The van der Waals surface area contributed by atoms with E-state index in [-0.39, 0.29) is 11.8 Å². The van der Waals surface area contributed by atoms with Crippen molar-refractivity contribution in [2.75, 3.05) is 11.9 Å². The molecule has 0 unspecified atom stereocenters. The molecule has 0 aliphatic heterocycles. The molecule has 2 heterocycles. The number of anilines is 1. The number of H-pyrrole nitrogens is 1. The van der Waals surface area contributed by atoms with Crippen LogP contribution in [0.5, 0.6) is 0 Å². The first kappa shape index (κ1) is 18.2. The summed E-state index contributed by atoms with van der Waals surface area (Å²) in [6.07, 6.45) is 0.845. The quantitative estimate of drug-likeness (QED) is 0.536. The van der Waals surface area contributed by atoms with Crippen LogP contribution in [0.4, 0.5) is 5.69 Å². The number of benzene rings is 1. The minimum atomic E-state index is -0.262. The van der Waals surface area contributed by atoms with Crippen LogP contribution in [0.25, 0.3) is 10.6 Å². The SMILES string of the molecule is O=C(CCCNC(=O)c1cc(-c2cccs2)[nH]n1)Nc1ccc(Cl)cc1. The second-order valence-electron chi connectivity index (χ2n) is 5.56. The van der Waals surface area contributed by atoms with Crippen molar-refractivity contribution in [3.63, 3.8) is 0 Å². The average molecular weight is 389 g/mol. The van der Waals surface area contributed by atoms with Crippen LogP contribution in [0.15, 0.2) is 47.8 Å². The van der Waals surface area contributed by atoms with Gasteiger partial charge in [0.05, 0.1) is 10.6 Å². The van der Waals surface area contributed by atoms with Crippen molar-refractivity contribution in [3.8, 4) is 10.6 Å². The van der Waals surface area contributed by atoms with Crippen LogP contribution in [0.2, 0.25) is 5.02 Å². The number of rotatable bonds is 7. The first-order chi connectivity index (χ1) is 12.6. The molecule has 0 aliphatic carbocycles. The zero-order chi connectivity index (χ0) is 18.4. The fraction of sp³-hybridized carbons (Fsp3) is 0.167. The molecule has 3 N–H and O–H groups in total. The second-order valence-corrected chi connectivity index (χ2v) is 6.94. The number of halogens is 1. The highest BCUT2D eigenvalue weighted by Crippen LogP contribution is 2.22. The Bertz CT molecular complexity index is 875. The lowest BCUT2D eigenvalue weighted by Gasteiger charge is -2.06. The maximum atomic E-state index is 12.1. The zero-order valence-corrected chi connectivity index (χ0v) is 15.4. The van der Waals surface area contributed by atoms with Crippen LogP contribution in [0, 0.1) is 0 Å². The molecule has 2 aromatic heterocycles. The number of hydrogen-bond acceptors (Lipinski definition) is 4. The molecule has 134 valence electrons. The second kappa shape index (κ2) is 8.64. The van der Waals surface area contributed by atoms with Gasteiger partial charge in [0.15, 0.2) is 5.69 Å². The minimum Gasteiger partial charge on any atom is -0.351 e. The molecule has 0 bridgehead atoms. The summed E-state index contributed by atoms with van der Waals surface area (Å²) in [6.45, 7) is 0.397. The van der Waals surface area contributed by atoms with Crippen molar-refractivity contribution in [1.82, 2.24) is 15.5 Å². The molecule has 1 aromatic carbocycles. The smallest absolute Gasteiger partial charge is 0.271 e. The Balaban J connectivity index is 1.40. The number of nitrogens with one attached hydrogen (secondary N) is 3. The number of aromatic nitrogens is 2. The summed E-state index contributed by atoms with van der Waals surface area (Å²) < 4.78 is 0. The van der Waals surface area contributed by atoms with E-state index in [0.717, 1.165) is 10.6 Å². The molecule has 0 spiro atoms. The van der Waals surface area contributed by atoms with Gasteiger partial charge in [-0.25, -0.2) is 0 Å². The summed E-state index contributed by atoms with van der Waals surface area (Å²) in [7, 11) is 0. The lowest BCUT2D eigenvalue weighted by atomic mass is 10.2. The lowest BCUT2D eigenvalue weighted by Crippen LogP contribution is -2.25. The summed E-state index contributed by atoms with van der Waals surface area (Å²) >= 11 is 7.37. The third-order valence-electron chi connectivity index (χ3n) is 3.59. The number of hydrogen-bond donors (Lipinski definition) is 3. The van der Waals surface area contributed by atoms with Gasteiger partial charge in [0.1, 0.15) is 0 Å². The molecule has 3 aromatic rings. The molecular weight excluding hydrogens is 372 g/mol. The fourth-order valence-electron chi connectivity index (χ4n) is 2.29. The first-order valence-electron chi connectivity index (χ1n) is 8.05. The van der Waals surface area contributed by atoms with Gasteiger partial charge < -0.3 is 10.6 Å². The van der Waals surface area contributed by atoms with E-state index in [0.29, 0.717) is 35.8 Å². The van der Waals surface area contributed by atoms with Gasteiger partial charge in [-0.1, -0.05) is 17.7 Å². The number of thiophene rings is 1. The molecule has 8 heteroatoms.